The summed E-state index contributed by atoms with van der Waals surface area (Å²) in [6.07, 6.45) is -2.95. The van der Waals surface area contributed by atoms with Gasteiger partial charge in [-0.05, 0) is 13.0 Å². The molecule has 0 saturated carbocycles. The third kappa shape index (κ3) is 5.43. The minimum Gasteiger partial charge on any atom is -0.387 e. The summed E-state index contributed by atoms with van der Waals surface area (Å²) in [4.78, 5) is 15.8. The van der Waals surface area contributed by atoms with Crippen molar-refractivity contribution in [1.82, 2.24) is 10.3 Å². The lowest BCUT2D eigenvalue weighted by Gasteiger charge is -2.11. The third-order valence-corrected chi connectivity index (χ3v) is 2.35. The van der Waals surface area contributed by atoms with Crippen molar-refractivity contribution >= 4 is 11.6 Å². The van der Waals surface area contributed by atoms with E-state index in [1.807, 2.05) is 0 Å². The van der Waals surface area contributed by atoms with Gasteiger partial charge in [-0.25, -0.2) is 0 Å². The summed E-state index contributed by atoms with van der Waals surface area (Å²) in [7, 11) is 1.66. The molecule has 5 nitrogen and oxygen atoms in total. The van der Waals surface area contributed by atoms with Gasteiger partial charge in [-0.15, -0.1) is 0 Å². The largest absolute Gasteiger partial charge is 0.411 e. The van der Waals surface area contributed by atoms with Crippen LogP contribution in [0.4, 0.5) is 18.9 Å². The molecule has 1 aromatic rings. The first-order valence-corrected chi connectivity index (χ1v) is 5.90. The zero-order chi connectivity index (χ0) is 15.2. The van der Waals surface area contributed by atoms with Crippen LogP contribution in [0, 0.1) is 6.92 Å². The van der Waals surface area contributed by atoms with Crippen molar-refractivity contribution in [1.29, 1.82) is 0 Å². The van der Waals surface area contributed by atoms with E-state index in [9.17, 15) is 18.0 Å². The number of nitrogens with one attached hydrogen (secondary N) is 2. The third-order valence-electron chi connectivity index (χ3n) is 2.35. The van der Waals surface area contributed by atoms with Crippen molar-refractivity contribution in [2.75, 3.05) is 32.1 Å². The SMILES string of the molecule is CNc1cc(C)ncc1C(=O)NCCOCC(F)(F)F. The van der Waals surface area contributed by atoms with Crippen LogP contribution in [0.1, 0.15) is 16.1 Å². The molecule has 1 aromatic heterocycles. The van der Waals surface area contributed by atoms with Crippen LogP contribution in [0.25, 0.3) is 0 Å². The van der Waals surface area contributed by atoms with Crippen LogP contribution in [0.15, 0.2) is 12.3 Å². The molecule has 20 heavy (non-hydrogen) atoms. The van der Waals surface area contributed by atoms with Gasteiger partial charge in [0.1, 0.15) is 6.61 Å². The summed E-state index contributed by atoms with van der Waals surface area (Å²) >= 11 is 0. The summed E-state index contributed by atoms with van der Waals surface area (Å²) in [5.74, 6) is -0.419. The maximum absolute atomic E-state index is 11.8. The van der Waals surface area contributed by atoms with Crippen LogP contribution in [0.2, 0.25) is 0 Å². The molecular formula is C12H16F3N3O2. The molecule has 0 aromatic carbocycles. The molecule has 8 heteroatoms. The van der Waals surface area contributed by atoms with E-state index < -0.39 is 18.7 Å². The summed E-state index contributed by atoms with van der Waals surface area (Å²) in [6.45, 7) is 0.246. The van der Waals surface area contributed by atoms with Crippen molar-refractivity contribution in [3.63, 3.8) is 0 Å². The number of aromatic nitrogens is 1. The quantitative estimate of drug-likeness (QED) is 0.784. The second-order valence-corrected chi connectivity index (χ2v) is 4.04. The number of carbonyl (C=O) groups is 1. The predicted molar refractivity (Wildman–Crippen MR) is 67.7 cm³/mol. The van der Waals surface area contributed by atoms with E-state index in [4.69, 9.17) is 0 Å². The van der Waals surface area contributed by atoms with E-state index in [2.05, 4.69) is 20.4 Å². The van der Waals surface area contributed by atoms with E-state index in [0.717, 1.165) is 5.69 Å². The minimum atomic E-state index is -4.36. The first-order valence-electron chi connectivity index (χ1n) is 5.90. The van der Waals surface area contributed by atoms with Gasteiger partial charge in [0.2, 0.25) is 0 Å². The van der Waals surface area contributed by atoms with Crippen molar-refractivity contribution in [2.24, 2.45) is 0 Å². The van der Waals surface area contributed by atoms with Crippen LogP contribution >= 0.6 is 0 Å². The zero-order valence-corrected chi connectivity index (χ0v) is 11.2. The number of anilines is 1. The van der Waals surface area contributed by atoms with Gasteiger partial charge in [0.15, 0.2) is 0 Å². The van der Waals surface area contributed by atoms with Gasteiger partial charge in [-0.2, -0.15) is 13.2 Å². The van der Waals surface area contributed by atoms with E-state index in [0.29, 0.717) is 11.3 Å². The number of carbonyl (C=O) groups excluding carboxylic acids is 1. The Bertz CT molecular complexity index is 464. The topological polar surface area (TPSA) is 63.2 Å². The van der Waals surface area contributed by atoms with Crippen molar-refractivity contribution in [3.8, 4) is 0 Å². The monoisotopic (exact) mass is 291 g/mol. The van der Waals surface area contributed by atoms with Gasteiger partial charge in [0, 0.05) is 25.5 Å². The Kier molecular flexibility index (Phi) is 5.75. The van der Waals surface area contributed by atoms with Crippen LogP contribution in [-0.2, 0) is 4.74 Å². The highest BCUT2D eigenvalue weighted by Gasteiger charge is 2.27. The number of halogens is 3. The molecule has 1 amide bonds. The number of hydrogen-bond donors (Lipinski definition) is 2. The molecule has 0 aliphatic rings. The highest BCUT2D eigenvalue weighted by Crippen LogP contribution is 2.15. The first kappa shape index (κ1) is 16.2. The normalized spacial score (nSPS) is 11.2. The maximum atomic E-state index is 11.8. The molecule has 2 N–H and O–H groups in total. The fourth-order valence-electron chi connectivity index (χ4n) is 1.47. The maximum Gasteiger partial charge on any atom is 0.411 e. The fraction of sp³-hybridized carbons (Fsp3) is 0.500. The molecule has 0 unspecified atom stereocenters. The molecule has 0 saturated heterocycles. The lowest BCUT2D eigenvalue weighted by molar-refractivity contribution is -0.173. The van der Waals surface area contributed by atoms with E-state index >= 15 is 0 Å². The number of hydrogen-bond acceptors (Lipinski definition) is 4. The minimum absolute atomic E-state index is 0.00799. The summed E-state index contributed by atoms with van der Waals surface area (Å²) in [5.41, 5.74) is 1.68. The Morgan fingerprint density at radius 2 is 2.15 bits per heavy atom. The fourth-order valence-corrected chi connectivity index (χ4v) is 1.47. The second kappa shape index (κ2) is 7.09. The molecule has 0 spiro atoms. The van der Waals surface area contributed by atoms with Gasteiger partial charge in [-0.1, -0.05) is 0 Å². The van der Waals surface area contributed by atoms with E-state index in [1.165, 1.54) is 6.20 Å². The first-order chi connectivity index (χ1) is 9.33. The molecule has 0 fully saturated rings. The van der Waals surface area contributed by atoms with Crippen LogP contribution in [0.5, 0.6) is 0 Å². The average molecular weight is 291 g/mol. The van der Waals surface area contributed by atoms with Gasteiger partial charge < -0.3 is 15.4 Å². The number of aryl methyl sites for hydroxylation is 1. The number of alkyl halides is 3. The summed E-state index contributed by atoms with van der Waals surface area (Å²) in [6, 6.07) is 1.70. The van der Waals surface area contributed by atoms with Gasteiger partial charge in [0.25, 0.3) is 5.91 Å². The van der Waals surface area contributed by atoms with Crippen molar-refractivity contribution in [3.05, 3.63) is 23.5 Å². The molecule has 1 heterocycles. The Morgan fingerprint density at radius 3 is 2.75 bits per heavy atom. The summed E-state index contributed by atoms with van der Waals surface area (Å²) in [5, 5.41) is 5.33. The lowest BCUT2D eigenvalue weighted by Crippen LogP contribution is -2.29. The standard InChI is InChI=1S/C12H16F3N3O2/c1-8-5-10(16-2)9(6-18-8)11(19)17-3-4-20-7-12(13,14)15/h5-6H,3-4,7H2,1-2H3,(H,16,18)(H,17,19). The average Bonchev–Trinajstić information content (AvgIpc) is 2.36. The zero-order valence-electron chi connectivity index (χ0n) is 11.2. The second-order valence-electron chi connectivity index (χ2n) is 4.04. The molecule has 0 aliphatic heterocycles. The molecule has 0 bridgehead atoms. The number of pyridine rings is 1. The molecule has 0 atom stereocenters. The molecular weight excluding hydrogens is 275 g/mol. The van der Waals surface area contributed by atoms with Crippen molar-refractivity contribution < 1.29 is 22.7 Å². The van der Waals surface area contributed by atoms with Crippen LogP contribution in [0.3, 0.4) is 0 Å². The number of rotatable bonds is 6. The van der Waals surface area contributed by atoms with Crippen molar-refractivity contribution in [2.45, 2.75) is 13.1 Å². The lowest BCUT2D eigenvalue weighted by atomic mass is 10.2. The Hall–Kier alpha value is -1.83. The predicted octanol–water partition coefficient (Wildman–Crippen LogP) is 1.74. The van der Waals surface area contributed by atoms with Gasteiger partial charge >= 0.3 is 6.18 Å². The molecule has 112 valence electrons. The molecule has 0 radical (unpaired) electrons. The van der Waals surface area contributed by atoms with E-state index in [-0.39, 0.29) is 13.2 Å². The van der Waals surface area contributed by atoms with Gasteiger partial charge in [0.05, 0.1) is 17.9 Å². The molecule has 0 aliphatic carbocycles. The Balaban J connectivity index is 2.44. The smallest absolute Gasteiger partial charge is 0.387 e. The highest BCUT2D eigenvalue weighted by molar-refractivity contribution is 5.99. The Labute approximate surface area is 114 Å². The number of ether oxygens (including phenoxy) is 1. The molecule has 1 rings (SSSR count). The number of amides is 1. The van der Waals surface area contributed by atoms with Gasteiger partial charge in [-0.3, -0.25) is 9.78 Å². The number of nitrogens with zero attached hydrogens (tertiary/aromatic N) is 1. The van der Waals surface area contributed by atoms with Crippen LogP contribution in [-0.4, -0.2) is 43.9 Å². The van der Waals surface area contributed by atoms with E-state index in [1.54, 1.807) is 20.0 Å². The summed E-state index contributed by atoms with van der Waals surface area (Å²) < 4.78 is 39.8. The Morgan fingerprint density at radius 1 is 1.45 bits per heavy atom. The van der Waals surface area contributed by atoms with Crippen LogP contribution < -0.4 is 10.6 Å². The highest BCUT2D eigenvalue weighted by atomic mass is 19.4.